The van der Waals surface area contributed by atoms with Crippen LogP contribution in [0.1, 0.15) is 42.0 Å². The first-order valence-electron chi connectivity index (χ1n) is 13.3. The SMILES string of the molecule is CC(C)C[C@@H]1N[C@@]2(c3ccccc3-n3c2nc2ccccc2c3=O)[C@H]2C(=O)N(c3ccc(C(=O)O)cc3)C(=O)[C@@H]12. The van der Waals surface area contributed by atoms with E-state index in [0.29, 0.717) is 34.5 Å². The smallest absolute Gasteiger partial charge is 0.335 e. The van der Waals surface area contributed by atoms with E-state index in [1.807, 2.05) is 30.3 Å². The van der Waals surface area contributed by atoms with Crippen molar-refractivity contribution in [3.8, 4) is 5.69 Å². The topological polar surface area (TPSA) is 122 Å². The molecule has 0 aliphatic carbocycles. The number of hydrogen-bond donors (Lipinski definition) is 2. The lowest BCUT2D eigenvalue weighted by Gasteiger charge is -2.32. The summed E-state index contributed by atoms with van der Waals surface area (Å²) in [6.45, 7) is 4.14. The average molecular weight is 535 g/mol. The number of benzene rings is 3. The van der Waals surface area contributed by atoms with Crippen LogP contribution in [0.4, 0.5) is 5.69 Å². The summed E-state index contributed by atoms with van der Waals surface area (Å²) in [6, 6.07) is 20.0. The van der Waals surface area contributed by atoms with Crippen molar-refractivity contribution in [1.29, 1.82) is 0 Å². The Morgan fingerprint density at radius 2 is 1.68 bits per heavy atom. The summed E-state index contributed by atoms with van der Waals surface area (Å²) in [5, 5.41) is 13.5. The Morgan fingerprint density at radius 3 is 2.40 bits per heavy atom. The molecule has 2 N–H and O–H groups in total. The fourth-order valence-corrected chi connectivity index (χ4v) is 6.94. The van der Waals surface area contributed by atoms with Crippen molar-refractivity contribution < 1.29 is 19.5 Å². The van der Waals surface area contributed by atoms with Crippen LogP contribution in [0.5, 0.6) is 0 Å². The predicted molar refractivity (Wildman–Crippen MR) is 147 cm³/mol. The third kappa shape index (κ3) is 3.09. The van der Waals surface area contributed by atoms with E-state index < -0.39 is 29.3 Å². The molecule has 0 radical (unpaired) electrons. The van der Waals surface area contributed by atoms with Crippen molar-refractivity contribution in [1.82, 2.24) is 14.9 Å². The van der Waals surface area contributed by atoms with Crippen LogP contribution in [-0.4, -0.2) is 38.5 Å². The van der Waals surface area contributed by atoms with Gasteiger partial charge in [-0.3, -0.25) is 24.3 Å². The number of fused-ring (bicyclic) bond motifs is 8. The normalized spacial score (nSPS) is 24.7. The molecule has 3 aromatic carbocycles. The van der Waals surface area contributed by atoms with Gasteiger partial charge in [0.1, 0.15) is 11.4 Å². The highest BCUT2D eigenvalue weighted by atomic mass is 16.4. The Morgan fingerprint density at radius 1 is 0.975 bits per heavy atom. The molecular formula is C31H26N4O5. The molecule has 2 fully saturated rings. The highest BCUT2D eigenvalue weighted by Gasteiger charge is 2.69. The molecule has 4 aromatic rings. The molecule has 0 unspecified atom stereocenters. The Bertz CT molecular complexity index is 1810. The first kappa shape index (κ1) is 24.4. The number of para-hydroxylation sites is 2. The van der Waals surface area contributed by atoms with Gasteiger partial charge in [-0.15, -0.1) is 0 Å². The molecule has 40 heavy (non-hydrogen) atoms. The highest BCUT2D eigenvalue weighted by molar-refractivity contribution is 6.23. The number of anilines is 1. The first-order valence-corrected chi connectivity index (χ1v) is 13.3. The van der Waals surface area contributed by atoms with Crippen LogP contribution in [0, 0.1) is 17.8 Å². The van der Waals surface area contributed by atoms with Crippen molar-refractivity contribution in [2.75, 3.05) is 4.90 Å². The number of aromatic carboxylic acids is 1. The maximum Gasteiger partial charge on any atom is 0.335 e. The number of rotatable bonds is 4. The molecule has 3 aliphatic rings. The fraction of sp³-hybridized carbons (Fsp3) is 0.258. The molecule has 0 saturated carbocycles. The number of hydrogen-bond acceptors (Lipinski definition) is 6. The van der Waals surface area contributed by atoms with E-state index in [4.69, 9.17) is 4.98 Å². The lowest BCUT2D eigenvalue weighted by Crippen LogP contribution is -2.50. The molecular weight excluding hydrogens is 508 g/mol. The number of carbonyl (C=O) groups excluding carboxylic acids is 2. The zero-order valence-corrected chi connectivity index (χ0v) is 21.9. The number of carboxylic acids is 1. The lowest BCUT2D eigenvalue weighted by atomic mass is 9.75. The van der Waals surface area contributed by atoms with Crippen molar-refractivity contribution in [3.63, 3.8) is 0 Å². The van der Waals surface area contributed by atoms with E-state index in [-0.39, 0.29) is 29.0 Å². The number of aromatic nitrogens is 2. The number of nitrogens with zero attached hydrogens (tertiary/aromatic N) is 3. The van der Waals surface area contributed by atoms with Crippen LogP contribution in [0.15, 0.2) is 77.6 Å². The van der Waals surface area contributed by atoms with E-state index >= 15 is 0 Å². The minimum atomic E-state index is -1.20. The van der Waals surface area contributed by atoms with Crippen LogP contribution in [0.25, 0.3) is 16.6 Å². The summed E-state index contributed by atoms with van der Waals surface area (Å²) in [5.74, 6) is -2.76. The number of carboxylic acid groups (broad SMARTS) is 1. The zero-order valence-electron chi connectivity index (χ0n) is 21.9. The van der Waals surface area contributed by atoms with Gasteiger partial charge in [-0.1, -0.05) is 44.2 Å². The fourth-order valence-electron chi connectivity index (χ4n) is 6.94. The Balaban J connectivity index is 1.48. The third-order valence-electron chi connectivity index (χ3n) is 8.46. The van der Waals surface area contributed by atoms with Gasteiger partial charge in [0.2, 0.25) is 11.8 Å². The second kappa shape index (κ2) is 8.43. The van der Waals surface area contributed by atoms with Gasteiger partial charge in [0.05, 0.1) is 39.7 Å². The summed E-state index contributed by atoms with van der Waals surface area (Å²) in [7, 11) is 0. The molecule has 1 spiro atoms. The van der Waals surface area contributed by atoms with E-state index in [2.05, 4.69) is 19.2 Å². The zero-order chi connectivity index (χ0) is 27.9. The molecule has 4 heterocycles. The predicted octanol–water partition coefficient (Wildman–Crippen LogP) is 3.46. The minimum Gasteiger partial charge on any atom is -0.478 e. The molecule has 4 atom stereocenters. The maximum absolute atomic E-state index is 14.4. The molecule has 2 amide bonds. The van der Waals surface area contributed by atoms with Crippen molar-refractivity contribution in [2.24, 2.45) is 17.8 Å². The van der Waals surface area contributed by atoms with Crippen LogP contribution in [0.3, 0.4) is 0 Å². The Labute approximate surface area is 229 Å². The van der Waals surface area contributed by atoms with Crippen LogP contribution in [0.2, 0.25) is 0 Å². The lowest BCUT2D eigenvalue weighted by molar-refractivity contribution is -0.123. The van der Waals surface area contributed by atoms with E-state index in [1.54, 1.807) is 22.8 Å². The number of nitrogens with one attached hydrogen (secondary N) is 1. The summed E-state index contributed by atoms with van der Waals surface area (Å²) >= 11 is 0. The van der Waals surface area contributed by atoms with Crippen LogP contribution < -0.4 is 15.8 Å². The third-order valence-corrected chi connectivity index (χ3v) is 8.46. The maximum atomic E-state index is 14.4. The van der Waals surface area contributed by atoms with E-state index in [0.717, 1.165) is 5.56 Å². The van der Waals surface area contributed by atoms with Gasteiger partial charge >= 0.3 is 5.97 Å². The largest absolute Gasteiger partial charge is 0.478 e. The Kier molecular flexibility index (Phi) is 5.15. The monoisotopic (exact) mass is 534 g/mol. The van der Waals surface area contributed by atoms with Crippen molar-refractivity contribution in [3.05, 3.63) is 100 Å². The van der Waals surface area contributed by atoms with Crippen LogP contribution in [-0.2, 0) is 15.1 Å². The van der Waals surface area contributed by atoms with Crippen molar-refractivity contribution >= 4 is 34.4 Å². The van der Waals surface area contributed by atoms with E-state index in [9.17, 15) is 24.3 Å². The van der Waals surface area contributed by atoms with Gasteiger partial charge in [-0.25, -0.2) is 14.7 Å². The summed E-state index contributed by atoms with van der Waals surface area (Å²) < 4.78 is 1.58. The molecule has 7 rings (SSSR count). The van der Waals surface area contributed by atoms with Gasteiger partial charge in [0.15, 0.2) is 0 Å². The number of amides is 2. The summed E-state index contributed by atoms with van der Waals surface area (Å²) in [6.07, 6.45) is 0.633. The van der Waals surface area contributed by atoms with Gasteiger partial charge < -0.3 is 5.11 Å². The van der Waals surface area contributed by atoms with Crippen LogP contribution >= 0.6 is 0 Å². The molecule has 9 nitrogen and oxygen atoms in total. The van der Waals surface area contributed by atoms with Gasteiger partial charge in [-0.2, -0.15) is 0 Å². The highest BCUT2D eigenvalue weighted by Crippen LogP contribution is 2.56. The second-order valence-electron chi connectivity index (χ2n) is 11.2. The second-order valence-corrected chi connectivity index (χ2v) is 11.2. The number of imide groups is 1. The first-order chi connectivity index (χ1) is 19.2. The van der Waals surface area contributed by atoms with Gasteiger partial charge in [0, 0.05) is 11.6 Å². The molecule has 2 saturated heterocycles. The minimum absolute atomic E-state index is 0.0629. The summed E-state index contributed by atoms with van der Waals surface area (Å²) in [4.78, 5) is 60.0. The average Bonchev–Trinajstić information content (AvgIpc) is 3.51. The quantitative estimate of drug-likeness (QED) is 0.385. The number of carbonyl (C=O) groups is 3. The molecule has 1 aromatic heterocycles. The molecule has 200 valence electrons. The van der Waals surface area contributed by atoms with E-state index in [1.165, 1.54) is 29.2 Å². The van der Waals surface area contributed by atoms with Gasteiger partial charge in [0.25, 0.3) is 5.56 Å². The van der Waals surface area contributed by atoms with Crippen molar-refractivity contribution in [2.45, 2.75) is 31.8 Å². The van der Waals surface area contributed by atoms with Gasteiger partial charge in [-0.05, 0) is 54.8 Å². The molecule has 3 aliphatic heterocycles. The molecule has 0 bridgehead atoms. The Hall–Kier alpha value is -4.63. The standard InChI is InChI=1S/C31H26N4O5/c1-16(2)15-22-24-25(28(38)34(27(24)37)18-13-11-17(12-14-18)29(39)40)31(33-22)20-8-4-6-10-23(20)35-26(36)19-7-3-5-9-21(19)32-30(31)35/h3-14,16,22,24-25,33H,15H2,1-2H3,(H,39,40)/t22-,24-,25+,31-/m0/s1. The molecule has 9 heteroatoms. The summed E-state index contributed by atoms with van der Waals surface area (Å²) in [5.41, 5.74) is 0.855.